The van der Waals surface area contributed by atoms with E-state index < -0.39 is 0 Å². The minimum absolute atomic E-state index is 0.0310. The number of rotatable bonds is 6. The Hall–Kier alpha value is -1.58. The molecule has 166 valence electrons. The van der Waals surface area contributed by atoms with E-state index in [1.807, 2.05) is 6.07 Å². The maximum absolute atomic E-state index is 13.3. The summed E-state index contributed by atoms with van der Waals surface area (Å²) in [6.45, 7) is 7.48. The van der Waals surface area contributed by atoms with E-state index in [2.05, 4.69) is 38.8 Å². The highest BCUT2D eigenvalue weighted by Gasteiger charge is 2.35. The van der Waals surface area contributed by atoms with Gasteiger partial charge in [-0.05, 0) is 54.7 Å². The van der Waals surface area contributed by atoms with Crippen molar-refractivity contribution in [1.82, 2.24) is 14.8 Å². The Morgan fingerprint density at radius 2 is 1.81 bits per heavy atom. The van der Waals surface area contributed by atoms with E-state index in [0.29, 0.717) is 6.54 Å². The molecule has 0 aromatic carbocycles. The first kappa shape index (κ1) is 21.3. The van der Waals surface area contributed by atoms with Crippen molar-refractivity contribution in [2.24, 2.45) is 11.0 Å². The Bertz CT molecular complexity index is 870. The molecule has 31 heavy (non-hydrogen) atoms. The van der Waals surface area contributed by atoms with Crippen LogP contribution < -0.4 is 0 Å². The van der Waals surface area contributed by atoms with Crippen LogP contribution in [0.5, 0.6) is 0 Å². The molecule has 2 saturated heterocycles. The fourth-order valence-corrected chi connectivity index (χ4v) is 6.31. The van der Waals surface area contributed by atoms with Crippen molar-refractivity contribution in [3.8, 4) is 0 Å². The average molecular weight is 459 g/mol. The molecule has 2 aromatic heterocycles. The molecule has 5 rings (SSSR count). The third-order valence-corrected chi connectivity index (χ3v) is 8.42. The van der Waals surface area contributed by atoms with Gasteiger partial charge in [0.2, 0.25) is 0 Å². The second-order valence-electron chi connectivity index (χ2n) is 8.63. The lowest BCUT2D eigenvalue weighted by molar-refractivity contribution is -0.134. The van der Waals surface area contributed by atoms with E-state index in [1.165, 1.54) is 29.1 Å². The molecule has 0 aliphatic carbocycles. The summed E-state index contributed by atoms with van der Waals surface area (Å²) in [5.41, 5.74) is 1.03. The normalized spacial score (nSPS) is 23.9. The van der Waals surface area contributed by atoms with Gasteiger partial charge in [0.1, 0.15) is 0 Å². The molecule has 0 spiro atoms. The molecular weight excluding hydrogens is 428 g/mol. The number of amides is 1. The van der Waals surface area contributed by atoms with Crippen molar-refractivity contribution >= 4 is 34.3 Å². The highest BCUT2D eigenvalue weighted by atomic mass is 32.1. The minimum Gasteiger partial charge on any atom is -0.379 e. The summed E-state index contributed by atoms with van der Waals surface area (Å²) in [5, 5.41) is 10.7. The monoisotopic (exact) mass is 458 g/mol. The maximum atomic E-state index is 13.3. The number of ether oxygens (including phenoxy) is 1. The fourth-order valence-electron chi connectivity index (χ4n) is 4.77. The number of likely N-dealkylation sites (tertiary alicyclic amines) is 1. The van der Waals surface area contributed by atoms with Crippen LogP contribution in [-0.4, -0.2) is 78.9 Å². The Balaban J connectivity index is 1.19. The van der Waals surface area contributed by atoms with Crippen molar-refractivity contribution in [2.75, 3.05) is 52.5 Å². The van der Waals surface area contributed by atoms with Gasteiger partial charge in [0.05, 0.1) is 36.4 Å². The number of morpholine rings is 1. The summed E-state index contributed by atoms with van der Waals surface area (Å²) in [4.78, 5) is 20.5. The first-order valence-corrected chi connectivity index (χ1v) is 13.0. The molecule has 6 nitrogen and oxygen atoms in total. The van der Waals surface area contributed by atoms with Crippen LogP contribution in [0.3, 0.4) is 0 Å². The summed E-state index contributed by atoms with van der Waals surface area (Å²) in [7, 11) is 0. The highest BCUT2D eigenvalue weighted by Crippen LogP contribution is 2.36. The molecule has 0 N–H and O–H groups in total. The first-order chi connectivity index (χ1) is 15.3. The minimum atomic E-state index is 0.0310. The van der Waals surface area contributed by atoms with Gasteiger partial charge in [0.15, 0.2) is 0 Å². The lowest BCUT2D eigenvalue weighted by atomic mass is 9.96. The van der Waals surface area contributed by atoms with Crippen LogP contribution in [0, 0.1) is 5.92 Å². The SMILES string of the molecule is O=C(CN1CCC(CN2CCOCC2)CC1)N1N=C(c2cccs2)CC1c1cccs1. The third-order valence-electron chi connectivity index (χ3n) is 6.53. The van der Waals surface area contributed by atoms with Crippen LogP contribution in [-0.2, 0) is 9.53 Å². The predicted octanol–water partition coefficient (Wildman–Crippen LogP) is 3.53. The average Bonchev–Trinajstić information content (AvgIpc) is 3.56. The molecule has 1 atom stereocenters. The second-order valence-corrected chi connectivity index (χ2v) is 10.6. The summed E-state index contributed by atoms with van der Waals surface area (Å²) in [6.07, 6.45) is 3.14. The number of hydrogen-bond donors (Lipinski definition) is 0. The number of nitrogens with zero attached hydrogens (tertiary/aromatic N) is 4. The van der Waals surface area contributed by atoms with Crippen LogP contribution in [0.1, 0.15) is 35.1 Å². The van der Waals surface area contributed by atoms with Gasteiger partial charge in [-0.25, -0.2) is 5.01 Å². The molecule has 3 aliphatic rings. The lowest BCUT2D eigenvalue weighted by Gasteiger charge is -2.36. The van der Waals surface area contributed by atoms with Gasteiger partial charge in [-0.3, -0.25) is 14.6 Å². The van der Waals surface area contributed by atoms with Crippen LogP contribution in [0.2, 0.25) is 0 Å². The van der Waals surface area contributed by atoms with Crippen molar-refractivity contribution in [3.05, 3.63) is 44.8 Å². The quantitative estimate of drug-likeness (QED) is 0.665. The Kier molecular flexibility index (Phi) is 6.81. The fraction of sp³-hybridized carbons (Fsp3) is 0.565. The zero-order valence-corrected chi connectivity index (χ0v) is 19.5. The zero-order valence-electron chi connectivity index (χ0n) is 17.8. The third kappa shape index (κ3) is 5.09. The highest BCUT2D eigenvalue weighted by molar-refractivity contribution is 7.12. The molecule has 0 radical (unpaired) electrons. The molecule has 2 aromatic rings. The number of carbonyl (C=O) groups is 1. The number of hydrazone groups is 1. The van der Waals surface area contributed by atoms with E-state index in [4.69, 9.17) is 9.84 Å². The lowest BCUT2D eigenvalue weighted by Crippen LogP contribution is -2.45. The summed E-state index contributed by atoms with van der Waals surface area (Å²) in [6, 6.07) is 8.37. The molecular formula is C23H30N4O2S2. The van der Waals surface area contributed by atoms with Crippen molar-refractivity contribution < 1.29 is 9.53 Å². The largest absolute Gasteiger partial charge is 0.379 e. The zero-order chi connectivity index (χ0) is 21.0. The maximum Gasteiger partial charge on any atom is 0.257 e. The summed E-state index contributed by atoms with van der Waals surface area (Å²) < 4.78 is 5.46. The van der Waals surface area contributed by atoms with Crippen molar-refractivity contribution in [1.29, 1.82) is 0 Å². The predicted molar refractivity (Wildman–Crippen MR) is 126 cm³/mol. The second kappa shape index (κ2) is 9.92. The van der Waals surface area contributed by atoms with E-state index in [9.17, 15) is 4.79 Å². The van der Waals surface area contributed by atoms with Crippen LogP contribution in [0.25, 0.3) is 0 Å². The number of piperidine rings is 1. The smallest absolute Gasteiger partial charge is 0.257 e. The van der Waals surface area contributed by atoms with Gasteiger partial charge in [-0.2, -0.15) is 5.10 Å². The van der Waals surface area contributed by atoms with E-state index >= 15 is 0 Å². The Morgan fingerprint density at radius 1 is 1.03 bits per heavy atom. The summed E-state index contributed by atoms with van der Waals surface area (Å²) >= 11 is 3.41. The van der Waals surface area contributed by atoms with Gasteiger partial charge in [-0.1, -0.05) is 12.1 Å². The van der Waals surface area contributed by atoms with Gasteiger partial charge in [0.25, 0.3) is 5.91 Å². The number of thiophene rings is 2. The number of carbonyl (C=O) groups excluding carboxylic acids is 1. The molecule has 1 amide bonds. The molecule has 0 bridgehead atoms. The summed E-state index contributed by atoms with van der Waals surface area (Å²) in [5.74, 6) is 0.857. The van der Waals surface area contributed by atoms with Crippen LogP contribution in [0.4, 0.5) is 0 Å². The Morgan fingerprint density at radius 3 is 2.52 bits per heavy atom. The van der Waals surface area contributed by atoms with Crippen molar-refractivity contribution in [2.45, 2.75) is 25.3 Å². The van der Waals surface area contributed by atoms with Crippen molar-refractivity contribution in [3.63, 3.8) is 0 Å². The molecule has 3 aliphatic heterocycles. The van der Waals surface area contributed by atoms with E-state index in [-0.39, 0.29) is 11.9 Å². The topological polar surface area (TPSA) is 48.4 Å². The van der Waals surface area contributed by atoms with E-state index in [0.717, 1.165) is 57.4 Å². The molecule has 2 fully saturated rings. The Labute approximate surface area is 192 Å². The first-order valence-electron chi connectivity index (χ1n) is 11.3. The van der Waals surface area contributed by atoms with Gasteiger partial charge in [-0.15, -0.1) is 22.7 Å². The molecule has 1 unspecified atom stereocenters. The van der Waals surface area contributed by atoms with Gasteiger partial charge < -0.3 is 4.74 Å². The van der Waals surface area contributed by atoms with E-state index in [1.54, 1.807) is 27.7 Å². The van der Waals surface area contributed by atoms with Gasteiger partial charge >= 0.3 is 0 Å². The van der Waals surface area contributed by atoms with Crippen LogP contribution >= 0.6 is 22.7 Å². The van der Waals surface area contributed by atoms with Crippen LogP contribution in [0.15, 0.2) is 40.1 Å². The molecule has 8 heteroatoms. The number of hydrogen-bond acceptors (Lipinski definition) is 7. The molecule has 5 heterocycles. The molecule has 0 saturated carbocycles. The van der Waals surface area contributed by atoms with Gasteiger partial charge in [0, 0.05) is 30.9 Å². The standard InChI is InChI=1S/C23H30N4O2S2/c28-23(17-25-7-5-18(6-8-25)16-26-9-11-29-12-10-26)27-20(22-4-2-14-31-22)15-19(24-27)21-3-1-13-30-21/h1-4,13-14,18,20H,5-12,15-17H2.